The minimum Gasteiger partial charge on any atom is -0.481 e. The summed E-state index contributed by atoms with van der Waals surface area (Å²) in [6.45, 7) is 7.00. The van der Waals surface area contributed by atoms with Crippen molar-refractivity contribution in [1.29, 1.82) is 0 Å². The largest absolute Gasteiger partial charge is 0.481 e. The van der Waals surface area contributed by atoms with Gasteiger partial charge in [0.05, 0.1) is 12.5 Å². The molecule has 35 heavy (non-hydrogen) atoms. The van der Waals surface area contributed by atoms with Gasteiger partial charge in [-0.1, -0.05) is 58.0 Å². The second-order valence-corrected chi connectivity index (χ2v) is 9.21. The average Bonchev–Trinajstić information content (AvgIpc) is 2.75. The van der Waals surface area contributed by atoms with Crippen molar-refractivity contribution in [1.82, 2.24) is 16.0 Å². The lowest BCUT2D eigenvalue weighted by Gasteiger charge is -2.27. The molecule has 0 aromatic heterocycles. The molecule has 1 aromatic rings. The first-order valence-electron chi connectivity index (χ1n) is 11.5. The number of carboxylic acid groups (broad SMARTS) is 2. The van der Waals surface area contributed by atoms with Crippen molar-refractivity contribution >= 4 is 29.7 Å². The van der Waals surface area contributed by atoms with E-state index in [-0.39, 0.29) is 18.8 Å². The normalized spacial score (nSPS) is 14.5. The number of hydrogen-bond acceptors (Lipinski definition) is 6. The van der Waals surface area contributed by atoms with Crippen molar-refractivity contribution in [3.05, 3.63) is 35.9 Å². The monoisotopic (exact) mass is 492 g/mol. The first-order valence-corrected chi connectivity index (χ1v) is 11.5. The molecule has 0 saturated carbocycles. The van der Waals surface area contributed by atoms with Crippen LogP contribution >= 0.6 is 0 Å². The highest BCUT2D eigenvalue weighted by atomic mass is 16.4. The number of nitrogens with two attached hydrogens (primary N) is 1. The summed E-state index contributed by atoms with van der Waals surface area (Å²) in [7, 11) is 0. The number of rotatable bonds is 14. The van der Waals surface area contributed by atoms with Gasteiger partial charge in [-0.3, -0.25) is 19.2 Å². The predicted molar refractivity (Wildman–Crippen MR) is 128 cm³/mol. The van der Waals surface area contributed by atoms with Crippen LogP contribution < -0.4 is 21.7 Å². The average molecular weight is 493 g/mol. The van der Waals surface area contributed by atoms with E-state index in [2.05, 4.69) is 16.0 Å². The second kappa shape index (κ2) is 14.1. The maximum atomic E-state index is 13.1. The van der Waals surface area contributed by atoms with Gasteiger partial charge in [0.25, 0.3) is 0 Å². The fourth-order valence-corrected chi connectivity index (χ4v) is 3.36. The molecule has 0 heterocycles. The third kappa shape index (κ3) is 10.6. The molecule has 0 bridgehead atoms. The topological polar surface area (TPSA) is 188 Å². The van der Waals surface area contributed by atoms with Crippen LogP contribution in [0.25, 0.3) is 0 Å². The van der Waals surface area contributed by atoms with E-state index in [4.69, 9.17) is 10.8 Å². The quantitative estimate of drug-likeness (QED) is 0.213. The molecule has 194 valence electrons. The molecule has 0 radical (unpaired) electrons. The Bertz CT molecular complexity index is 889. The lowest BCUT2D eigenvalue weighted by atomic mass is 9.99. The van der Waals surface area contributed by atoms with Crippen molar-refractivity contribution in [3.63, 3.8) is 0 Å². The van der Waals surface area contributed by atoms with Gasteiger partial charge in [-0.15, -0.1) is 0 Å². The van der Waals surface area contributed by atoms with E-state index < -0.39 is 66.2 Å². The summed E-state index contributed by atoms with van der Waals surface area (Å²) < 4.78 is 0. The lowest BCUT2D eigenvalue weighted by molar-refractivity contribution is -0.142. The summed E-state index contributed by atoms with van der Waals surface area (Å²) in [4.78, 5) is 60.9. The maximum absolute atomic E-state index is 13.1. The number of benzene rings is 1. The number of hydrogen-bond donors (Lipinski definition) is 6. The van der Waals surface area contributed by atoms with Gasteiger partial charge >= 0.3 is 11.9 Å². The van der Waals surface area contributed by atoms with Gasteiger partial charge in [-0.25, -0.2) is 4.79 Å². The highest BCUT2D eigenvalue weighted by molar-refractivity contribution is 5.95. The highest BCUT2D eigenvalue weighted by Gasteiger charge is 2.32. The van der Waals surface area contributed by atoms with Crippen LogP contribution in [0, 0.1) is 11.8 Å². The van der Waals surface area contributed by atoms with Crippen LogP contribution in [0.5, 0.6) is 0 Å². The highest BCUT2D eigenvalue weighted by Crippen LogP contribution is 2.10. The molecule has 0 saturated heterocycles. The molecule has 11 heteroatoms. The molecule has 3 amide bonds. The molecule has 4 unspecified atom stereocenters. The zero-order valence-corrected chi connectivity index (χ0v) is 20.5. The molecular formula is C24H36N4O7. The van der Waals surface area contributed by atoms with Crippen LogP contribution in [0.1, 0.15) is 46.1 Å². The summed E-state index contributed by atoms with van der Waals surface area (Å²) in [5.41, 5.74) is 6.33. The minimum absolute atomic E-state index is 0.00843. The van der Waals surface area contributed by atoms with Crippen molar-refractivity contribution in [2.75, 3.05) is 0 Å². The van der Waals surface area contributed by atoms with Gasteiger partial charge in [0.1, 0.15) is 18.1 Å². The van der Waals surface area contributed by atoms with E-state index in [9.17, 15) is 29.1 Å². The zero-order chi connectivity index (χ0) is 26.7. The first kappa shape index (κ1) is 29.6. The Morgan fingerprint density at radius 3 is 1.89 bits per heavy atom. The van der Waals surface area contributed by atoms with Crippen molar-refractivity contribution in [2.24, 2.45) is 17.6 Å². The molecule has 1 aromatic carbocycles. The van der Waals surface area contributed by atoms with Crippen LogP contribution in [-0.4, -0.2) is 64.0 Å². The van der Waals surface area contributed by atoms with E-state index >= 15 is 0 Å². The Balaban J connectivity index is 3.09. The van der Waals surface area contributed by atoms with Crippen LogP contribution in [0.15, 0.2) is 30.3 Å². The summed E-state index contributed by atoms with van der Waals surface area (Å²) >= 11 is 0. The molecule has 0 aliphatic rings. The smallest absolute Gasteiger partial charge is 0.326 e. The SMILES string of the molecule is CC(C)CC(NC(=O)C(Cc1ccccc1)NC(=O)C(NC(=O)C(N)CC(=O)O)C(C)C)C(=O)O. The lowest BCUT2D eigenvalue weighted by Crippen LogP contribution is -2.59. The summed E-state index contributed by atoms with van der Waals surface area (Å²) in [6, 6.07) is 4.17. The van der Waals surface area contributed by atoms with E-state index in [0.717, 1.165) is 5.56 Å². The number of carbonyl (C=O) groups is 5. The number of nitrogens with one attached hydrogen (secondary N) is 3. The number of amides is 3. The second-order valence-electron chi connectivity index (χ2n) is 9.21. The van der Waals surface area contributed by atoms with E-state index in [1.165, 1.54) is 0 Å². The molecule has 0 aliphatic heterocycles. The Labute approximate surface area is 204 Å². The van der Waals surface area contributed by atoms with Crippen molar-refractivity contribution < 1.29 is 34.2 Å². The molecule has 1 rings (SSSR count). The number of carboxylic acids is 2. The third-order valence-corrected chi connectivity index (χ3v) is 5.22. The van der Waals surface area contributed by atoms with Crippen LogP contribution in [0.3, 0.4) is 0 Å². The Morgan fingerprint density at radius 2 is 1.40 bits per heavy atom. The summed E-state index contributed by atoms with van der Waals surface area (Å²) in [5, 5.41) is 25.9. The van der Waals surface area contributed by atoms with Gasteiger partial charge in [-0.2, -0.15) is 0 Å². The van der Waals surface area contributed by atoms with Crippen LogP contribution in [-0.2, 0) is 30.4 Å². The van der Waals surface area contributed by atoms with Crippen LogP contribution in [0.4, 0.5) is 0 Å². The third-order valence-electron chi connectivity index (χ3n) is 5.22. The van der Waals surface area contributed by atoms with E-state index in [1.807, 2.05) is 13.8 Å². The van der Waals surface area contributed by atoms with Gasteiger partial charge in [-0.05, 0) is 23.8 Å². The van der Waals surface area contributed by atoms with Gasteiger partial charge in [0.2, 0.25) is 17.7 Å². The first-order chi connectivity index (χ1) is 16.3. The summed E-state index contributed by atoms with van der Waals surface area (Å²) in [5.74, 6) is -5.01. The summed E-state index contributed by atoms with van der Waals surface area (Å²) in [6.07, 6.45) is -0.313. The molecule has 4 atom stereocenters. The van der Waals surface area contributed by atoms with Gasteiger partial charge < -0.3 is 31.9 Å². The molecule has 0 spiro atoms. The van der Waals surface area contributed by atoms with Crippen LogP contribution in [0.2, 0.25) is 0 Å². The Kier molecular flexibility index (Phi) is 11.9. The van der Waals surface area contributed by atoms with Crippen molar-refractivity contribution in [2.45, 2.75) is 71.1 Å². The Morgan fingerprint density at radius 1 is 0.829 bits per heavy atom. The molecular weight excluding hydrogens is 456 g/mol. The minimum atomic E-state index is -1.35. The van der Waals surface area contributed by atoms with E-state index in [1.54, 1.807) is 44.2 Å². The van der Waals surface area contributed by atoms with Gasteiger partial charge in [0, 0.05) is 6.42 Å². The standard InChI is InChI=1S/C24H36N4O7/c1-13(2)10-18(24(34)35)27-22(32)17(11-15-8-6-5-7-9-15)26-23(33)20(14(3)4)28-21(31)16(25)12-19(29)30/h5-9,13-14,16-18,20H,10-12,25H2,1-4H3,(H,26,33)(H,27,32)(H,28,31)(H,29,30)(H,34,35). The number of carbonyl (C=O) groups excluding carboxylic acids is 3. The molecule has 11 nitrogen and oxygen atoms in total. The molecule has 0 aliphatic carbocycles. The van der Waals surface area contributed by atoms with E-state index in [0.29, 0.717) is 0 Å². The van der Waals surface area contributed by atoms with Gasteiger partial charge in [0.15, 0.2) is 0 Å². The zero-order valence-electron chi connectivity index (χ0n) is 20.5. The molecule has 0 fully saturated rings. The fourth-order valence-electron chi connectivity index (χ4n) is 3.36. The Hall–Kier alpha value is -3.47. The predicted octanol–water partition coefficient (Wildman–Crippen LogP) is 0.272. The number of aliphatic carboxylic acids is 2. The fraction of sp³-hybridized carbons (Fsp3) is 0.542. The maximum Gasteiger partial charge on any atom is 0.326 e. The van der Waals surface area contributed by atoms with Crippen molar-refractivity contribution in [3.8, 4) is 0 Å². The molecule has 7 N–H and O–H groups in total.